The molecule has 0 amide bonds. The Hall–Kier alpha value is -2.44. The first kappa shape index (κ1) is 12.6. The Bertz CT molecular complexity index is 748. The number of hydrogen-bond acceptors (Lipinski definition) is 3. The molecule has 3 rings (SSSR count). The zero-order chi connectivity index (χ0) is 14.3. The van der Waals surface area contributed by atoms with Crippen molar-refractivity contribution in [2.75, 3.05) is 5.73 Å². The number of imidazole rings is 1. The Kier molecular flexibility index (Phi) is 2.89. The molecule has 2 heterocycles. The summed E-state index contributed by atoms with van der Waals surface area (Å²) >= 11 is 0. The summed E-state index contributed by atoms with van der Waals surface area (Å²) < 4.78 is 30.4. The van der Waals surface area contributed by atoms with Crippen LogP contribution in [0.3, 0.4) is 0 Å². The average Bonchev–Trinajstić information content (AvgIpc) is 2.96. The van der Waals surface area contributed by atoms with Gasteiger partial charge >= 0.3 is 0 Å². The molecule has 1 aromatic carbocycles. The fourth-order valence-corrected chi connectivity index (χ4v) is 2.36. The molecule has 0 fully saturated rings. The van der Waals surface area contributed by atoms with Gasteiger partial charge in [0.25, 0.3) is 0 Å². The maximum atomic E-state index is 13.7. The summed E-state index contributed by atoms with van der Waals surface area (Å²) in [5, 5.41) is 4.10. The van der Waals surface area contributed by atoms with E-state index in [0.29, 0.717) is 12.1 Å². The number of aromatic nitrogens is 4. The molecule has 3 aromatic rings. The third-order valence-corrected chi connectivity index (χ3v) is 3.19. The number of rotatable bonds is 3. The number of fused-ring (bicyclic) bond motifs is 1. The quantitative estimate of drug-likeness (QED) is 0.799. The van der Waals surface area contributed by atoms with Gasteiger partial charge in [-0.15, -0.1) is 0 Å². The van der Waals surface area contributed by atoms with Crippen LogP contribution in [0.5, 0.6) is 0 Å². The van der Waals surface area contributed by atoms with E-state index in [0.717, 1.165) is 6.07 Å². The highest BCUT2D eigenvalue weighted by Gasteiger charge is 2.18. The average molecular weight is 277 g/mol. The SMILES string of the molecule is CC(Cn1cccn1)n1c(N)nc2c(F)cc(F)cc21. The predicted octanol–water partition coefficient (Wildman–Crippen LogP) is 2.35. The number of hydrogen-bond donors (Lipinski definition) is 1. The summed E-state index contributed by atoms with van der Waals surface area (Å²) in [7, 11) is 0. The van der Waals surface area contributed by atoms with Crippen molar-refractivity contribution in [2.24, 2.45) is 0 Å². The van der Waals surface area contributed by atoms with Gasteiger partial charge in [0, 0.05) is 24.5 Å². The second-order valence-electron chi connectivity index (χ2n) is 4.67. The number of nitrogens with zero attached hydrogens (tertiary/aromatic N) is 4. The van der Waals surface area contributed by atoms with Crippen molar-refractivity contribution in [1.29, 1.82) is 0 Å². The standard InChI is InChI=1S/C13H13F2N5/c1-8(7-19-4-2-3-17-19)20-11-6-9(14)5-10(15)12(11)18-13(20)16/h2-6,8H,7H2,1H3,(H2,16,18). The molecule has 0 bridgehead atoms. The van der Waals surface area contributed by atoms with Crippen LogP contribution in [0.4, 0.5) is 14.7 Å². The Morgan fingerprint density at radius 3 is 2.85 bits per heavy atom. The van der Waals surface area contributed by atoms with Crippen LogP contribution in [0.25, 0.3) is 11.0 Å². The van der Waals surface area contributed by atoms with Crippen molar-refractivity contribution >= 4 is 17.0 Å². The maximum Gasteiger partial charge on any atom is 0.201 e. The van der Waals surface area contributed by atoms with Crippen LogP contribution in [0.15, 0.2) is 30.6 Å². The molecule has 5 nitrogen and oxygen atoms in total. The van der Waals surface area contributed by atoms with Crippen LogP contribution < -0.4 is 5.73 Å². The molecule has 104 valence electrons. The highest BCUT2D eigenvalue weighted by molar-refractivity contribution is 5.79. The normalized spacial score (nSPS) is 12.9. The van der Waals surface area contributed by atoms with Gasteiger partial charge in [0.2, 0.25) is 5.95 Å². The fourth-order valence-electron chi connectivity index (χ4n) is 2.36. The lowest BCUT2D eigenvalue weighted by atomic mass is 10.2. The molecule has 0 aliphatic carbocycles. The zero-order valence-corrected chi connectivity index (χ0v) is 10.8. The lowest BCUT2D eigenvalue weighted by Gasteiger charge is -2.16. The minimum atomic E-state index is -0.711. The Balaban J connectivity index is 2.08. The Labute approximate surface area is 113 Å². The molecule has 0 aliphatic heterocycles. The van der Waals surface area contributed by atoms with Crippen LogP contribution in [-0.2, 0) is 6.54 Å². The van der Waals surface area contributed by atoms with Crippen LogP contribution in [0, 0.1) is 11.6 Å². The van der Waals surface area contributed by atoms with E-state index < -0.39 is 11.6 Å². The monoisotopic (exact) mass is 277 g/mol. The first-order chi connectivity index (χ1) is 9.56. The summed E-state index contributed by atoms with van der Waals surface area (Å²) in [6, 6.07) is 3.71. The van der Waals surface area contributed by atoms with Gasteiger partial charge in [-0.25, -0.2) is 13.8 Å². The molecule has 0 saturated heterocycles. The van der Waals surface area contributed by atoms with E-state index in [1.807, 2.05) is 13.1 Å². The van der Waals surface area contributed by atoms with E-state index in [9.17, 15) is 8.78 Å². The van der Waals surface area contributed by atoms with Crippen LogP contribution in [-0.4, -0.2) is 19.3 Å². The first-order valence-corrected chi connectivity index (χ1v) is 6.16. The van der Waals surface area contributed by atoms with Gasteiger partial charge in [-0.1, -0.05) is 0 Å². The summed E-state index contributed by atoms with van der Waals surface area (Å²) in [6.07, 6.45) is 3.48. The minimum absolute atomic E-state index is 0.0798. The molecule has 0 saturated carbocycles. The first-order valence-electron chi connectivity index (χ1n) is 6.16. The highest BCUT2D eigenvalue weighted by Crippen LogP contribution is 2.26. The smallest absolute Gasteiger partial charge is 0.201 e. The van der Waals surface area contributed by atoms with E-state index in [4.69, 9.17) is 5.73 Å². The van der Waals surface area contributed by atoms with E-state index in [2.05, 4.69) is 10.1 Å². The van der Waals surface area contributed by atoms with E-state index >= 15 is 0 Å². The van der Waals surface area contributed by atoms with Crippen LogP contribution >= 0.6 is 0 Å². The third kappa shape index (κ3) is 2.01. The molecule has 1 atom stereocenters. The third-order valence-electron chi connectivity index (χ3n) is 3.19. The maximum absolute atomic E-state index is 13.7. The molecular formula is C13H13F2N5. The number of nitrogen functional groups attached to an aromatic ring is 1. The fraction of sp³-hybridized carbons (Fsp3) is 0.231. The van der Waals surface area contributed by atoms with Crippen molar-refractivity contribution in [1.82, 2.24) is 19.3 Å². The van der Waals surface area contributed by atoms with Crippen molar-refractivity contribution in [3.05, 3.63) is 42.2 Å². The van der Waals surface area contributed by atoms with E-state index in [1.165, 1.54) is 6.07 Å². The number of anilines is 1. The summed E-state index contributed by atoms with van der Waals surface area (Å²) in [4.78, 5) is 3.97. The van der Waals surface area contributed by atoms with Crippen LogP contribution in [0.2, 0.25) is 0 Å². The number of nitrogens with two attached hydrogens (primary N) is 1. The number of benzene rings is 1. The van der Waals surface area contributed by atoms with Crippen LogP contribution in [0.1, 0.15) is 13.0 Å². The van der Waals surface area contributed by atoms with Crippen molar-refractivity contribution in [2.45, 2.75) is 19.5 Å². The molecule has 1 unspecified atom stereocenters. The zero-order valence-electron chi connectivity index (χ0n) is 10.8. The predicted molar refractivity (Wildman–Crippen MR) is 71.0 cm³/mol. The summed E-state index contributed by atoms with van der Waals surface area (Å²) in [5.74, 6) is -1.21. The van der Waals surface area contributed by atoms with Crippen molar-refractivity contribution in [3.63, 3.8) is 0 Å². The van der Waals surface area contributed by atoms with Crippen molar-refractivity contribution in [3.8, 4) is 0 Å². The van der Waals surface area contributed by atoms with Gasteiger partial charge in [0.15, 0.2) is 5.82 Å². The Morgan fingerprint density at radius 2 is 2.15 bits per heavy atom. The van der Waals surface area contributed by atoms with Gasteiger partial charge in [0.1, 0.15) is 11.3 Å². The van der Waals surface area contributed by atoms with Gasteiger partial charge in [-0.3, -0.25) is 4.68 Å². The van der Waals surface area contributed by atoms with Gasteiger partial charge in [-0.05, 0) is 13.0 Å². The summed E-state index contributed by atoms with van der Waals surface area (Å²) in [6.45, 7) is 2.42. The highest BCUT2D eigenvalue weighted by atomic mass is 19.1. The Morgan fingerprint density at radius 1 is 1.35 bits per heavy atom. The van der Waals surface area contributed by atoms with Gasteiger partial charge in [0.05, 0.1) is 18.1 Å². The second-order valence-corrected chi connectivity index (χ2v) is 4.67. The molecule has 20 heavy (non-hydrogen) atoms. The largest absolute Gasteiger partial charge is 0.369 e. The number of halogens is 2. The minimum Gasteiger partial charge on any atom is -0.369 e. The topological polar surface area (TPSA) is 61.7 Å². The lowest BCUT2D eigenvalue weighted by Crippen LogP contribution is -2.15. The van der Waals surface area contributed by atoms with E-state index in [-0.39, 0.29) is 17.5 Å². The van der Waals surface area contributed by atoms with Crippen molar-refractivity contribution < 1.29 is 8.78 Å². The van der Waals surface area contributed by atoms with E-state index in [1.54, 1.807) is 21.5 Å². The molecule has 0 spiro atoms. The molecule has 0 radical (unpaired) electrons. The second kappa shape index (κ2) is 4.59. The molecule has 7 heteroatoms. The summed E-state index contributed by atoms with van der Waals surface area (Å²) in [5.41, 5.74) is 6.26. The molecule has 2 aromatic heterocycles. The van der Waals surface area contributed by atoms with Gasteiger partial charge in [-0.2, -0.15) is 5.10 Å². The lowest BCUT2D eigenvalue weighted by molar-refractivity contribution is 0.449. The molecule has 0 aliphatic rings. The van der Waals surface area contributed by atoms with Gasteiger partial charge < -0.3 is 10.3 Å². The molecular weight excluding hydrogens is 264 g/mol. The molecule has 2 N–H and O–H groups in total.